The lowest BCUT2D eigenvalue weighted by Gasteiger charge is -1.99. The minimum absolute atomic E-state index is 0.629. The first-order valence-corrected chi connectivity index (χ1v) is 5.83. The van der Waals surface area contributed by atoms with Gasteiger partial charge in [-0.25, -0.2) is 0 Å². The summed E-state index contributed by atoms with van der Waals surface area (Å²) in [6.45, 7) is 5.09. The SMILES string of the molecule is CCNCc1nnc(OCCCOC)s1. The number of hydrogen-bond donors (Lipinski definition) is 1. The summed E-state index contributed by atoms with van der Waals surface area (Å²) in [4.78, 5) is 0. The maximum Gasteiger partial charge on any atom is 0.294 e. The largest absolute Gasteiger partial charge is 0.469 e. The summed E-state index contributed by atoms with van der Waals surface area (Å²) in [5.74, 6) is 0. The van der Waals surface area contributed by atoms with E-state index in [1.54, 1.807) is 7.11 Å². The molecule has 0 aliphatic heterocycles. The Morgan fingerprint density at radius 1 is 1.33 bits per heavy atom. The Morgan fingerprint density at radius 3 is 2.93 bits per heavy atom. The number of rotatable bonds is 8. The van der Waals surface area contributed by atoms with Crippen LogP contribution in [0.1, 0.15) is 18.4 Å². The third kappa shape index (κ3) is 5.06. The van der Waals surface area contributed by atoms with Crippen LogP contribution in [0.15, 0.2) is 0 Å². The second-order valence-electron chi connectivity index (χ2n) is 2.94. The van der Waals surface area contributed by atoms with Crippen LogP contribution in [0.3, 0.4) is 0 Å². The highest BCUT2D eigenvalue weighted by Gasteiger charge is 2.03. The van der Waals surface area contributed by atoms with Crippen LogP contribution in [0.4, 0.5) is 0 Å². The average molecular weight is 231 g/mol. The van der Waals surface area contributed by atoms with Gasteiger partial charge in [0.25, 0.3) is 5.19 Å². The van der Waals surface area contributed by atoms with Crippen LogP contribution in [0.2, 0.25) is 0 Å². The summed E-state index contributed by atoms with van der Waals surface area (Å²) in [6, 6.07) is 0. The molecule has 0 aliphatic carbocycles. The fourth-order valence-corrected chi connectivity index (χ4v) is 1.64. The predicted octanol–water partition coefficient (Wildman–Crippen LogP) is 1.06. The molecule has 6 heteroatoms. The van der Waals surface area contributed by atoms with Gasteiger partial charge in [0.2, 0.25) is 0 Å². The Balaban J connectivity index is 2.20. The van der Waals surface area contributed by atoms with Crippen molar-refractivity contribution < 1.29 is 9.47 Å². The van der Waals surface area contributed by atoms with Gasteiger partial charge >= 0.3 is 0 Å². The van der Waals surface area contributed by atoms with Gasteiger partial charge < -0.3 is 14.8 Å². The van der Waals surface area contributed by atoms with Crippen molar-refractivity contribution in [3.63, 3.8) is 0 Å². The van der Waals surface area contributed by atoms with Crippen molar-refractivity contribution in [1.29, 1.82) is 0 Å². The fraction of sp³-hybridized carbons (Fsp3) is 0.778. The van der Waals surface area contributed by atoms with Gasteiger partial charge in [-0.15, -0.1) is 10.2 Å². The van der Waals surface area contributed by atoms with Crippen LogP contribution in [0, 0.1) is 0 Å². The first kappa shape index (κ1) is 12.4. The number of methoxy groups -OCH3 is 1. The number of hydrogen-bond acceptors (Lipinski definition) is 6. The minimum Gasteiger partial charge on any atom is -0.469 e. The summed E-state index contributed by atoms with van der Waals surface area (Å²) >= 11 is 1.48. The zero-order valence-electron chi connectivity index (χ0n) is 9.15. The van der Waals surface area contributed by atoms with Gasteiger partial charge in [-0.2, -0.15) is 0 Å². The molecule has 1 N–H and O–H groups in total. The maximum atomic E-state index is 5.41. The van der Waals surface area contributed by atoms with Crippen molar-refractivity contribution >= 4 is 11.3 Å². The summed E-state index contributed by atoms with van der Waals surface area (Å²) in [5.41, 5.74) is 0. The molecule has 15 heavy (non-hydrogen) atoms. The van der Waals surface area contributed by atoms with Crippen molar-refractivity contribution in [3.8, 4) is 5.19 Å². The average Bonchev–Trinajstić information content (AvgIpc) is 2.69. The number of nitrogens with zero attached hydrogens (tertiary/aromatic N) is 2. The lowest BCUT2D eigenvalue weighted by atomic mass is 10.5. The molecule has 0 saturated carbocycles. The highest BCUT2D eigenvalue weighted by Crippen LogP contribution is 2.17. The Kier molecular flexibility index (Phi) is 6.22. The highest BCUT2D eigenvalue weighted by atomic mass is 32.1. The van der Waals surface area contributed by atoms with Crippen LogP contribution in [0.25, 0.3) is 0 Å². The van der Waals surface area contributed by atoms with Crippen LogP contribution in [-0.2, 0) is 11.3 Å². The van der Waals surface area contributed by atoms with Crippen LogP contribution >= 0.6 is 11.3 Å². The van der Waals surface area contributed by atoms with Crippen LogP contribution < -0.4 is 10.1 Å². The van der Waals surface area contributed by atoms with Crippen molar-refractivity contribution in [1.82, 2.24) is 15.5 Å². The summed E-state index contributed by atoms with van der Waals surface area (Å²) in [7, 11) is 1.68. The van der Waals surface area contributed by atoms with Gasteiger partial charge in [0.15, 0.2) is 0 Å². The Hall–Kier alpha value is -0.720. The molecule has 1 heterocycles. The van der Waals surface area contributed by atoms with E-state index in [1.165, 1.54) is 11.3 Å². The minimum atomic E-state index is 0.629. The Labute approximate surface area is 93.8 Å². The second kappa shape index (κ2) is 7.56. The lowest BCUT2D eigenvalue weighted by Crippen LogP contribution is -2.11. The molecule has 0 bridgehead atoms. The van der Waals surface area contributed by atoms with Crippen molar-refractivity contribution in [3.05, 3.63) is 5.01 Å². The third-order valence-corrected chi connectivity index (χ3v) is 2.53. The van der Waals surface area contributed by atoms with Gasteiger partial charge in [0, 0.05) is 26.7 Å². The first-order valence-electron chi connectivity index (χ1n) is 5.01. The van der Waals surface area contributed by atoms with Gasteiger partial charge in [-0.05, 0) is 6.54 Å². The molecule has 0 spiro atoms. The molecule has 0 fully saturated rings. The summed E-state index contributed by atoms with van der Waals surface area (Å²) in [5, 5.41) is 12.7. The molecule has 0 atom stereocenters. The lowest BCUT2D eigenvalue weighted by molar-refractivity contribution is 0.171. The molecule has 0 radical (unpaired) electrons. The Bertz CT molecular complexity index is 268. The van der Waals surface area contributed by atoms with E-state index in [0.29, 0.717) is 18.4 Å². The maximum absolute atomic E-state index is 5.41. The molecule has 0 amide bonds. The van der Waals surface area contributed by atoms with Crippen LogP contribution in [0.5, 0.6) is 5.19 Å². The predicted molar refractivity (Wildman–Crippen MR) is 59.3 cm³/mol. The molecule has 1 aromatic rings. The van der Waals surface area contributed by atoms with E-state index >= 15 is 0 Å². The molecule has 86 valence electrons. The van der Waals surface area contributed by atoms with E-state index in [-0.39, 0.29) is 0 Å². The molecular formula is C9H17N3O2S. The van der Waals surface area contributed by atoms with Crippen molar-refractivity contribution in [2.75, 3.05) is 26.9 Å². The second-order valence-corrected chi connectivity index (χ2v) is 3.96. The van der Waals surface area contributed by atoms with Gasteiger partial charge in [-0.3, -0.25) is 0 Å². The normalized spacial score (nSPS) is 10.5. The van der Waals surface area contributed by atoms with Crippen molar-refractivity contribution in [2.24, 2.45) is 0 Å². The zero-order valence-corrected chi connectivity index (χ0v) is 9.97. The molecule has 5 nitrogen and oxygen atoms in total. The molecule has 0 aromatic carbocycles. The zero-order chi connectivity index (χ0) is 10.9. The number of nitrogens with one attached hydrogen (secondary N) is 1. The fourth-order valence-electron chi connectivity index (χ4n) is 0.963. The van der Waals surface area contributed by atoms with E-state index in [9.17, 15) is 0 Å². The molecule has 1 aromatic heterocycles. The topological polar surface area (TPSA) is 56.3 Å². The summed E-state index contributed by atoms with van der Waals surface area (Å²) in [6.07, 6.45) is 0.874. The van der Waals surface area contributed by atoms with E-state index < -0.39 is 0 Å². The monoisotopic (exact) mass is 231 g/mol. The van der Waals surface area contributed by atoms with Gasteiger partial charge in [0.05, 0.1) is 6.61 Å². The quantitative estimate of drug-likeness (QED) is 0.678. The first-order chi connectivity index (χ1) is 7.36. The van der Waals surface area contributed by atoms with E-state index in [0.717, 1.165) is 24.5 Å². The molecular weight excluding hydrogens is 214 g/mol. The summed E-state index contributed by atoms with van der Waals surface area (Å²) < 4.78 is 10.3. The smallest absolute Gasteiger partial charge is 0.294 e. The van der Waals surface area contributed by atoms with E-state index in [2.05, 4.69) is 22.4 Å². The Morgan fingerprint density at radius 2 is 2.20 bits per heavy atom. The van der Waals surface area contributed by atoms with E-state index in [1.807, 2.05) is 0 Å². The standard InChI is InChI=1S/C9H17N3O2S/c1-3-10-7-8-11-12-9(15-8)14-6-4-5-13-2/h10H,3-7H2,1-2H3. The molecule has 0 unspecified atom stereocenters. The van der Waals surface area contributed by atoms with Crippen LogP contribution in [-0.4, -0.2) is 37.1 Å². The third-order valence-electron chi connectivity index (χ3n) is 1.69. The van der Waals surface area contributed by atoms with Gasteiger partial charge in [-0.1, -0.05) is 18.3 Å². The molecule has 0 saturated heterocycles. The van der Waals surface area contributed by atoms with E-state index in [4.69, 9.17) is 9.47 Å². The van der Waals surface area contributed by atoms with Crippen molar-refractivity contribution in [2.45, 2.75) is 19.9 Å². The number of ether oxygens (including phenoxy) is 2. The molecule has 1 rings (SSSR count). The molecule has 0 aliphatic rings. The van der Waals surface area contributed by atoms with Gasteiger partial charge in [0.1, 0.15) is 5.01 Å². The highest BCUT2D eigenvalue weighted by molar-refractivity contribution is 7.13. The number of aromatic nitrogens is 2.